The second-order valence-corrected chi connectivity index (χ2v) is 3.67. The number of rotatable bonds is 3. The molecular weight excluding hydrogens is 203 g/mol. The van der Waals surface area contributed by atoms with Gasteiger partial charge in [-0.1, -0.05) is 18.2 Å². The van der Waals surface area contributed by atoms with Crippen molar-refractivity contribution in [1.82, 2.24) is 0 Å². The first-order valence-corrected chi connectivity index (χ1v) is 4.82. The fraction of sp³-hybridized carbons (Fsp3) is 0.455. The fourth-order valence-corrected chi connectivity index (χ4v) is 1.40. The van der Waals surface area contributed by atoms with E-state index in [0.717, 1.165) is 6.07 Å². The Balaban J connectivity index is 2.87. The van der Waals surface area contributed by atoms with E-state index in [9.17, 15) is 13.2 Å². The predicted molar refractivity (Wildman–Crippen MR) is 53.4 cm³/mol. The number of hydrogen-bond donors (Lipinski definition) is 1. The van der Waals surface area contributed by atoms with E-state index in [2.05, 4.69) is 0 Å². The van der Waals surface area contributed by atoms with Crippen LogP contribution in [-0.4, -0.2) is 6.04 Å². The Morgan fingerprint density at radius 1 is 1.27 bits per heavy atom. The number of benzene rings is 1. The number of halogens is 3. The lowest BCUT2D eigenvalue weighted by Gasteiger charge is -2.13. The van der Waals surface area contributed by atoms with Gasteiger partial charge in [-0.3, -0.25) is 0 Å². The molecule has 1 atom stereocenters. The Bertz CT molecular complexity index is 318. The highest BCUT2D eigenvalue weighted by Crippen LogP contribution is 2.32. The quantitative estimate of drug-likeness (QED) is 0.827. The van der Waals surface area contributed by atoms with Crippen LogP contribution in [0.3, 0.4) is 0 Å². The van der Waals surface area contributed by atoms with Crippen molar-refractivity contribution in [2.45, 2.75) is 32.0 Å². The first-order valence-electron chi connectivity index (χ1n) is 4.82. The van der Waals surface area contributed by atoms with Gasteiger partial charge in [-0.25, -0.2) is 0 Å². The minimum absolute atomic E-state index is 0.0775. The lowest BCUT2D eigenvalue weighted by molar-refractivity contribution is -0.138. The zero-order chi connectivity index (χ0) is 11.5. The first-order chi connectivity index (χ1) is 6.91. The van der Waals surface area contributed by atoms with Crippen molar-refractivity contribution in [2.75, 3.05) is 0 Å². The van der Waals surface area contributed by atoms with Crippen molar-refractivity contribution in [3.05, 3.63) is 35.4 Å². The average molecular weight is 217 g/mol. The summed E-state index contributed by atoms with van der Waals surface area (Å²) in [5.74, 6) is 0. The molecule has 0 spiro atoms. The summed E-state index contributed by atoms with van der Waals surface area (Å²) < 4.78 is 37.6. The van der Waals surface area contributed by atoms with Gasteiger partial charge >= 0.3 is 6.18 Å². The van der Waals surface area contributed by atoms with Crippen molar-refractivity contribution in [2.24, 2.45) is 5.73 Å². The third-order valence-electron chi connectivity index (χ3n) is 2.19. The summed E-state index contributed by atoms with van der Waals surface area (Å²) in [5.41, 5.74) is 5.29. The molecule has 0 bridgehead atoms. The molecule has 0 aliphatic carbocycles. The zero-order valence-electron chi connectivity index (χ0n) is 8.51. The number of hydrogen-bond acceptors (Lipinski definition) is 1. The summed E-state index contributed by atoms with van der Waals surface area (Å²) >= 11 is 0. The highest BCUT2D eigenvalue weighted by atomic mass is 19.4. The molecule has 0 aliphatic heterocycles. The largest absolute Gasteiger partial charge is 0.416 e. The number of nitrogens with two attached hydrogens (primary N) is 1. The van der Waals surface area contributed by atoms with Crippen molar-refractivity contribution in [3.8, 4) is 0 Å². The summed E-state index contributed by atoms with van der Waals surface area (Å²) in [6.07, 6.45) is -3.34. The van der Waals surface area contributed by atoms with Crippen LogP contribution in [-0.2, 0) is 12.6 Å². The molecule has 15 heavy (non-hydrogen) atoms. The zero-order valence-corrected chi connectivity index (χ0v) is 8.51. The van der Waals surface area contributed by atoms with Gasteiger partial charge in [-0.15, -0.1) is 0 Å². The molecular formula is C11H14F3N. The molecule has 1 aromatic carbocycles. The van der Waals surface area contributed by atoms with E-state index in [4.69, 9.17) is 5.73 Å². The Morgan fingerprint density at radius 2 is 1.87 bits per heavy atom. The van der Waals surface area contributed by atoms with E-state index in [1.807, 2.05) is 0 Å². The standard InChI is InChI=1S/C11H14F3N/c1-8(15)6-7-9-4-2-3-5-10(9)11(12,13)14/h2-5,8H,6-7,15H2,1H3. The molecule has 1 rings (SSSR count). The molecule has 1 unspecified atom stereocenters. The highest BCUT2D eigenvalue weighted by molar-refractivity contribution is 5.29. The summed E-state index contributed by atoms with van der Waals surface area (Å²) in [4.78, 5) is 0. The van der Waals surface area contributed by atoms with Gasteiger partial charge in [0.2, 0.25) is 0 Å². The molecule has 0 aromatic heterocycles. The Hall–Kier alpha value is -1.03. The van der Waals surface area contributed by atoms with Gasteiger partial charge < -0.3 is 5.73 Å². The molecule has 1 aromatic rings. The lowest BCUT2D eigenvalue weighted by Crippen LogP contribution is -2.17. The molecule has 1 nitrogen and oxygen atoms in total. The summed E-state index contributed by atoms with van der Waals surface area (Å²) in [5, 5.41) is 0. The van der Waals surface area contributed by atoms with E-state index < -0.39 is 11.7 Å². The number of alkyl halides is 3. The van der Waals surface area contributed by atoms with Gasteiger partial charge in [0.15, 0.2) is 0 Å². The van der Waals surface area contributed by atoms with Crippen LogP contribution in [0, 0.1) is 0 Å². The van der Waals surface area contributed by atoms with Gasteiger partial charge in [0.1, 0.15) is 0 Å². The highest BCUT2D eigenvalue weighted by Gasteiger charge is 2.32. The van der Waals surface area contributed by atoms with Crippen LogP contribution in [0.2, 0.25) is 0 Å². The van der Waals surface area contributed by atoms with Crippen LogP contribution in [0.15, 0.2) is 24.3 Å². The minimum Gasteiger partial charge on any atom is -0.328 e. The predicted octanol–water partition coefficient (Wildman–Crippen LogP) is 2.99. The van der Waals surface area contributed by atoms with Crippen LogP contribution in [0.5, 0.6) is 0 Å². The maximum Gasteiger partial charge on any atom is 0.416 e. The van der Waals surface area contributed by atoms with Gasteiger partial charge in [0, 0.05) is 6.04 Å². The third kappa shape index (κ3) is 3.55. The first kappa shape index (κ1) is 12.0. The van der Waals surface area contributed by atoms with Crippen molar-refractivity contribution in [1.29, 1.82) is 0 Å². The van der Waals surface area contributed by atoms with Gasteiger partial charge in [0.05, 0.1) is 5.56 Å². The van der Waals surface area contributed by atoms with Crippen molar-refractivity contribution >= 4 is 0 Å². The average Bonchev–Trinajstić information content (AvgIpc) is 2.13. The molecule has 0 amide bonds. The molecule has 84 valence electrons. The van der Waals surface area contributed by atoms with E-state index in [1.165, 1.54) is 12.1 Å². The smallest absolute Gasteiger partial charge is 0.328 e. The maximum absolute atomic E-state index is 12.5. The molecule has 0 saturated carbocycles. The molecule has 4 heteroatoms. The molecule has 2 N–H and O–H groups in total. The number of aryl methyl sites for hydroxylation is 1. The van der Waals surface area contributed by atoms with Crippen molar-refractivity contribution in [3.63, 3.8) is 0 Å². The summed E-state index contributed by atoms with van der Waals surface area (Å²) in [7, 11) is 0. The topological polar surface area (TPSA) is 26.0 Å². The van der Waals surface area contributed by atoms with Gasteiger partial charge in [0.25, 0.3) is 0 Å². The molecule has 0 aliphatic rings. The van der Waals surface area contributed by atoms with Gasteiger partial charge in [-0.2, -0.15) is 13.2 Å². The van der Waals surface area contributed by atoms with Crippen LogP contribution in [0.4, 0.5) is 13.2 Å². The second kappa shape index (κ2) is 4.66. The van der Waals surface area contributed by atoms with Crippen LogP contribution in [0.25, 0.3) is 0 Å². The monoisotopic (exact) mass is 217 g/mol. The molecule has 0 fully saturated rings. The Kier molecular flexibility index (Phi) is 3.74. The Morgan fingerprint density at radius 3 is 2.40 bits per heavy atom. The van der Waals surface area contributed by atoms with Crippen LogP contribution < -0.4 is 5.73 Å². The van der Waals surface area contributed by atoms with E-state index in [1.54, 1.807) is 13.0 Å². The van der Waals surface area contributed by atoms with Crippen LogP contribution in [0.1, 0.15) is 24.5 Å². The fourth-order valence-electron chi connectivity index (χ4n) is 1.40. The normalized spacial score (nSPS) is 13.9. The lowest BCUT2D eigenvalue weighted by atomic mass is 10.0. The van der Waals surface area contributed by atoms with E-state index in [-0.39, 0.29) is 6.04 Å². The van der Waals surface area contributed by atoms with Gasteiger partial charge in [-0.05, 0) is 31.4 Å². The van der Waals surface area contributed by atoms with E-state index >= 15 is 0 Å². The SMILES string of the molecule is CC(N)CCc1ccccc1C(F)(F)F. The third-order valence-corrected chi connectivity index (χ3v) is 2.19. The second-order valence-electron chi connectivity index (χ2n) is 3.67. The Labute approximate surface area is 87.1 Å². The minimum atomic E-state index is -4.27. The van der Waals surface area contributed by atoms with Crippen LogP contribution >= 0.6 is 0 Å². The van der Waals surface area contributed by atoms with E-state index in [0.29, 0.717) is 18.4 Å². The van der Waals surface area contributed by atoms with Crippen molar-refractivity contribution < 1.29 is 13.2 Å². The molecule has 0 radical (unpaired) electrons. The maximum atomic E-state index is 12.5. The summed E-state index contributed by atoms with van der Waals surface area (Å²) in [6.45, 7) is 1.79. The molecule has 0 saturated heterocycles. The summed E-state index contributed by atoms with van der Waals surface area (Å²) in [6, 6.07) is 5.55. The molecule has 0 heterocycles.